The van der Waals surface area contributed by atoms with Crippen LogP contribution in [0.4, 0.5) is 0 Å². The van der Waals surface area contributed by atoms with E-state index in [1.807, 2.05) is 12.1 Å². The molecule has 5 heteroatoms. The molecule has 0 N–H and O–H groups in total. The molecule has 0 spiro atoms. The molecule has 1 aliphatic heterocycles. The fourth-order valence-corrected chi connectivity index (χ4v) is 3.50. The Hall–Kier alpha value is -3.86. The summed E-state index contributed by atoms with van der Waals surface area (Å²) in [6.45, 7) is 6.35. The number of ketones is 2. The zero-order valence-electron chi connectivity index (χ0n) is 19.2. The van der Waals surface area contributed by atoms with E-state index in [2.05, 4.69) is 32.9 Å². The first-order valence-electron chi connectivity index (χ1n) is 10.7. The van der Waals surface area contributed by atoms with Gasteiger partial charge in [-0.3, -0.25) is 9.59 Å². The van der Waals surface area contributed by atoms with Crippen molar-refractivity contribution in [3.63, 3.8) is 0 Å². The highest BCUT2D eigenvalue weighted by molar-refractivity contribution is 6.14. The van der Waals surface area contributed by atoms with E-state index in [-0.39, 0.29) is 29.3 Å². The second-order valence-electron chi connectivity index (χ2n) is 8.91. The van der Waals surface area contributed by atoms with E-state index in [4.69, 9.17) is 14.2 Å². The van der Waals surface area contributed by atoms with Gasteiger partial charge in [0.2, 0.25) is 5.78 Å². The quantitative estimate of drug-likeness (QED) is 0.353. The molecule has 0 atom stereocenters. The monoisotopic (exact) mass is 442 g/mol. The van der Waals surface area contributed by atoms with Crippen molar-refractivity contribution in [2.24, 2.45) is 0 Å². The fourth-order valence-electron chi connectivity index (χ4n) is 3.50. The van der Waals surface area contributed by atoms with Gasteiger partial charge in [0.25, 0.3) is 0 Å². The van der Waals surface area contributed by atoms with Crippen LogP contribution in [0.15, 0.2) is 72.5 Å². The normalized spacial score (nSPS) is 14.1. The Bertz CT molecular complexity index is 1210. The lowest BCUT2D eigenvalue weighted by molar-refractivity contribution is 0.0920. The lowest BCUT2D eigenvalue weighted by Gasteiger charge is -2.18. The van der Waals surface area contributed by atoms with Gasteiger partial charge in [0, 0.05) is 11.6 Å². The van der Waals surface area contributed by atoms with E-state index in [9.17, 15) is 9.59 Å². The van der Waals surface area contributed by atoms with Gasteiger partial charge in [0.1, 0.15) is 17.2 Å². The molecule has 0 aromatic heterocycles. The molecule has 0 bridgehead atoms. The first kappa shape index (κ1) is 22.3. The van der Waals surface area contributed by atoms with Crippen molar-refractivity contribution in [2.45, 2.75) is 26.2 Å². The number of Topliss-reactive ketones (excluding diaryl/α,β-unsaturated/α-hetero) is 2. The van der Waals surface area contributed by atoms with Crippen molar-refractivity contribution in [2.75, 3.05) is 13.7 Å². The Morgan fingerprint density at radius 2 is 1.61 bits per heavy atom. The number of rotatable bonds is 6. The van der Waals surface area contributed by atoms with Gasteiger partial charge in [-0.25, -0.2) is 0 Å². The van der Waals surface area contributed by atoms with Crippen molar-refractivity contribution >= 4 is 17.6 Å². The number of fused-ring (bicyclic) bond motifs is 1. The Morgan fingerprint density at radius 1 is 0.939 bits per heavy atom. The minimum atomic E-state index is -0.175. The summed E-state index contributed by atoms with van der Waals surface area (Å²) >= 11 is 0. The largest absolute Gasteiger partial charge is 0.497 e. The summed E-state index contributed by atoms with van der Waals surface area (Å²) in [5, 5.41) is 0. The molecule has 1 heterocycles. The first-order valence-corrected chi connectivity index (χ1v) is 10.7. The molecule has 3 aromatic carbocycles. The third-order valence-corrected chi connectivity index (χ3v) is 5.50. The van der Waals surface area contributed by atoms with Crippen molar-refractivity contribution < 1.29 is 23.8 Å². The summed E-state index contributed by atoms with van der Waals surface area (Å²) in [6, 6.07) is 19.9. The van der Waals surface area contributed by atoms with Gasteiger partial charge in [0.15, 0.2) is 18.1 Å². The van der Waals surface area contributed by atoms with Gasteiger partial charge < -0.3 is 14.2 Å². The number of methoxy groups -OCH3 is 1. The fraction of sp³-hybridized carbons (Fsp3) is 0.214. The maximum absolute atomic E-state index is 12.7. The van der Waals surface area contributed by atoms with Crippen LogP contribution in [0.1, 0.15) is 52.6 Å². The maximum atomic E-state index is 12.7. The van der Waals surface area contributed by atoms with E-state index in [0.717, 1.165) is 5.56 Å². The van der Waals surface area contributed by atoms with Gasteiger partial charge in [-0.2, -0.15) is 0 Å². The molecular formula is C28H26O5. The number of ether oxygens (including phenoxy) is 3. The lowest BCUT2D eigenvalue weighted by atomic mass is 9.86. The van der Waals surface area contributed by atoms with E-state index in [1.165, 1.54) is 5.56 Å². The molecule has 1 aliphatic rings. The van der Waals surface area contributed by atoms with Gasteiger partial charge in [0.05, 0.1) is 12.7 Å². The van der Waals surface area contributed by atoms with Crippen LogP contribution < -0.4 is 14.2 Å². The van der Waals surface area contributed by atoms with Gasteiger partial charge in [-0.05, 0) is 59.0 Å². The van der Waals surface area contributed by atoms with E-state index in [0.29, 0.717) is 28.4 Å². The molecule has 0 saturated heterocycles. The molecular weight excluding hydrogens is 416 g/mol. The molecule has 0 unspecified atom stereocenters. The van der Waals surface area contributed by atoms with E-state index in [1.54, 1.807) is 55.7 Å². The minimum Gasteiger partial charge on any atom is -0.497 e. The molecule has 0 aliphatic carbocycles. The molecule has 4 rings (SSSR count). The minimum absolute atomic E-state index is 0.0622. The van der Waals surface area contributed by atoms with Crippen molar-refractivity contribution in [3.8, 4) is 17.2 Å². The van der Waals surface area contributed by atoms with Crippen LogP contribution in [0.25, 0.3) is 6.08 Å². The summed E-state index contributed by atoms with van der Waals surface area (Å²) in [7, 11) is 1.57. The highest BCUT2D eigenvalue weighted by Crippen LogP contribution is 2.35. The van der Waals surface area contributed by atoms with Crippen molar-refractivity contribution in [3.05, 3.63) is 94.7 Å². The van der Waals surface area contributed by atoms with Crippen LogP contribution in [-0.4, -0.2) is 25.3 Å². The SMILES string of the molecule is COc1ccc(C(=O)COc2ccc3c(c2)O/C(=C\c2ccc(C(C)(C)C)cc2)C3=O)cc1. The Morgan fingerprint density at radius 3 is 2.24 bits per heavy atom. The van der Waals surface area contributed by atoms with Crippen LogP contribution in [0, 0.1) is 0 Å². The number of benzene rings is 3. The summed E-state index contributed by atoms with van der Waals surface area (Å²) in [4.78, 5) is 25.1. The van der Waals surface area contributed by atoms with Crippen LogP contribution >= 0.6 is 0 Å². The van der Waals surface area contributed by atoms with E-state index < -0.39 is 0 Å². The third-order valence-electron chi connectivity index (χ3n) is 5.50. The Labute approximate surface area is 193 Å². The van der Waals surface area contributed by atoms with E-state index >= 15 is 0 Å². The second kappa shape index (κ2) is 8.94. The molecule has 168 valence electrons. The first-order chi connectivity index (χ1) is 15.7. The van der Waals surface area contributed by atoms with Crippen molar-refractivity contribution in [1.29, 1.82) is 0 Å². The summed E-state index contributed by atoms with van der Waals surface area (Å²) in [6.07, 6.45) is 1.74. The van der Waals surface area contributed by atoms with Crippen molar-refractivity contribution in [1.82, 2.24) is 0 Å². The van der Waals surface area contributed by atoms with Crippen LogP contribution in [0.2, 0.25) is 0 Å². The van der Waals surface area contributed by atoms with Crippen LogP contribution in [0.3, 0.4) is 0 Å². The maximum Gasteiger partial charge on any atom is 0.231 e. The van der Waals surface area contributed by atoms with Gasteiger partial charge in [-0.15, -0.1) is 0 Å². The molecule has 3 aromatic rings. The van der Waals surface area contributed by atoms with Crippen LogP contribution in [0.5, 0.6) is 17.2 Å². The summed E-state index contributed by atoms with van der Waals surface area (Å²) < 4.78 is 16.6. The second-order valence-corrected chi connectivity index (χ2v) is 8.91. The molecule has 5 nitrogen and oxygen atoms in total. The Kier molecular flexibility index (Phi) is 6.05. The number of carbonyl (C=O) groups is 2. The summed E-state index contributed by atoms with van der Waals surface area (Å²) in [5.41, 5.74) is 3.18. The van der Waals surface area contributed by atoms with Crippen LogP contribution in [-0.2, 0) is 5.41 Å². The zero-order valence-corrected chi connectivity index (χ0v) is 19.2. The van der Waals surface area contributed by atoms with Gasteiger partial charge in [-0.1, -0.05) is 45.0 Å². The smallest absolute Gasteiger partial charge is 0.231 e. The average Bonchev–Trinajstić information content (AvgIpc) is 3.11. The number of hydrogen-bond donors (Lipinski definition) is 0. The predicted molar refractivity (Wildman–Crippen MR) is 127 cm³/mol. The highest BCUT2D eigenvalue weighted by Gasteiger charge is 2.28. The number of hydrogen-bond acceptors (Lipinski definition) is 5. The highest BCUT2D eigenvalue weighted by atomic mass is 16.5. The molecule has 0 amide bonds. The topological polar surface area (TPSA) is 61.8 Å². The Balaban J connectivity index is 1.44. The molecule has 33 heavy (non-hydrogen) atoms. The molecule has 0 fully saturated rings. The average molecular weight is 443 g/mol. The number of carbonyl (C=O) groups excluding carboxylic acids is 2. The number of allylic oxidation sites excluding steroid dienone is 1. The third kappa shape index (κ3) is 4.98. The predicted octanol–water partition coefficient (Wildman–Crippen LogP) is 5.87. The molecule has 0 saturated carbocycles. The van der Waals surface area contributed by atoms with Gasteiger partial charge >= 0.3 is 0 Å². The molecule has 0 radical (unpaired) electrons. The standard InChI is InChI=1S/C28H26O5/c1-28(2,3)20-9-5-18(6-10-20)15-26-27(30)23-14-13-22(16-25(23)33-26)32-17-24(29)19-7-11-21(31-4)12-8-19/h5-16H,17H2,1-4H3/b26-15-. The lowest BCUT2D eigenvalue weighted by Crippen LogP contribution is -2.11. The summed E-state index contributed by atoms with van der Waals surface area (Å²) in [5.74, 6) is 1.49. The zero-order chi connectivity index (χ0) is 23.6.